The lowest BCUT2D eigenvalue weighted by molar-refractivity contribution is 0.609. The van der Waals surface area contributed by atoms with Crippen LogP contribution in [0.4, 0.5) is 0 Å². The van der Waals surface area contributed by atoms with Gasteiger partial charge >= 0.3 is 0 Å². The zero-order chi connectivity index (χ0) is 13.6. The van der Waals surface area contributed by atoms with Gasteiger partial charge in [-0.3, -0.25) is 8.32 Å². The molecule has 1 heterocycles. The molecule has 100 valence electrons. The Bertz CT molecular complexity index is 694. The number of aromatic nitrogens is 1. The third-order valence-electron chi connectivity index (χ3n) is 3.58. The fourth-order valence-corrected chi connectivity index (χ4v) is 3.03. The van der Waals surface area contributed by atoms with Crippen LogP contribution < -0.4 is 9.09 Å². The predicted molar refractivity (Wildman–Crippen MR) is 87.1 cm³/mol. The van der Waals surface area contributed by atoms with Crippen LogP contribution in [0.2, 0.25) is 5.02 Å². The Hall–Kier alpha value is -0.590. The van der Waals surface area contributed by atoms with Gasteiger partial charge in [-0.1, -0.05) is 23.7 Å². The molecule has 1 N–H and O–H groups in total. The Morgan fingerprint density at radius 3 is 2.84 bits per heavy atom. The van der Waals surface area contributed by atoms with E-state index in [0.29, 0.717) is 16.5 Å². The molecule has 0 saturated heterocycles. The molecular weight excluding hydrogens is 375 g/mol. The fraction of sp³-hybridized carbons (Fsp3) is 0.357. The minimum Gasteiger partial charge on any atom is -0.307 e. The largest absolute Gasteiger partial charge is 0.307 e. The number of benzene rings is 1. The SMILES string of the molecule is C[C@H](NI)c1cc2cccc(Cl)c2c(=O)n1C1CC1. The van der Waals surface area contributed by atoms with Gasteiger partial charge in [0.15, 0.2) is 0 Å². The van der Waals surface area contributed by atoms with E-state index in [1.54, 1.807) is 6.07 Å². The number of rotatable bonds is 3. The molecule has 1 aromatic carbocycles. The van der Waals surface area contributed by atoms with E-state index in [1.165, 1.54) is 0 Å². The molecule has 3 rings (SSSR count). The second kappa shape index (κ2) is 5.07. The standard InChI is InChI=1S/C14H14ClIN2O/c1-8(17-16)12-7-9-3-2-4-11(15)13(9)14(19)18(12)10-5-6-10/h2-4,7-8,10,17H,5-6H2,1H3/t8-/m0/s1. The van der Waals surface area contributed by atoms with E-state index < -0.39 is 0 Å². The number of halogens is 2. The first kappa shape index (κ1) is 13.4. The molecule has 0 amide bonds. The van der Waals surface area contributed by atoms with Crippen molar-refractivity contribution in [2.45, 2.75) is 31.8 Å². The van der Waals surface area contributed by atoms with E-state index in [4.69, 9.17) is 11.6 Å². The lowest BCUT2D eigenvalue weighted by atomic mass is 10.1. The first-order valence-electron chi connectivity index (χ1n) is 6.33. The maximum atomic E-state index is 12.7. The second-order valence-corrected chi connectivity index (χ2v) is 6.04. The van der Waals surface area contributed by atoms with Gasteiger partial charge in [0.25, 0.3) is 5.56 Å². The summed E-state index contributed by atoms with van der Waals surface area (Å²) in [6.07, 6.45) is 2.16. The molecule has 3 nitrogen and oxygen atoms in total. The van der Waals surface area contributed by atoms with Gasteiger partial charge in [0, 0.05) is 34.6 Å². The molecule has 0 aliphatic heterocycles. The number of nitrogens with zero attached hydrogens (tertiary/aromatic N) is 1. The van der Waals surface area contributed by atoms with E-state index in [0.717, 1.165) is 23.9 Å². The third-order valence-corrected chi connectivity index (χ3v) is 4.83. The van der Waals surface area contributed by atoms with Gasteiger partial charge in [0.05, 0.1) is 16.5 Å². The molecule has 1 aliphatic rings. The highest BCUT2D eigenvalue weighted by Crippen LogP contribution is 2.37. The van der Waals surface area contributed by atoms with Crippen molar-refractivity contribution in [3.63, 3.8) is 0 Å². The fourth-order valence-electron chi connectivity index (χ4n) is 2.45. The van der Waals surface area contributed by atoms with Crippen molar-refractivity contribution in [3.8, 4) is 0 Å². The maximum absolute atomic E-state index is 12.7. The average molecular weight is 389 g/mol. The summed E-state index contributed by atoms with van der Waals surface area (Å²) in [4.78, 5) is 12.7. The van der Waals surface area contributed by atoms with E-state index in [1.807, 2.05) is 16.7 Å². The molecule has 19 heavy (non-hydrogen) atoms. The summed E-state index contributed by atoms with van der Waals surface area (Å²) in [5.41, 5.74) is 1.08. The van der Waals surface area contributed by atoms with E-state index in [9.17, 15) is 4.79 Å². The zero-order valence-electron chi connectivity index (χ0n) is 10.5. The molecule has 0 bridgehead atoms. The average Bonchev–Trinajstić information content (AvgIpc) is 3.21. The molecule has 0 radical (unpaired) electrons. The Morgan fingerprint density at radius 2 is 2.21 bits per heavy atom. The second-order valence-electron chi connectivity index (χ2n) is 5.01. The van der Waals surface area contributed by atoms with Crippen LogP contribution in [0.15, 0.2) is 29.1 Å². The van der Waals surface area contributed by atoms with Crippen molar-refractivity contribution in [3.05, 3.63) is 45.3 Å². The van der Waals surface area contributed by atoms with Gasteiger partial charge < -0.3 is 4.57 Å². The summed E-state index contributed by atoms with van der Waals surface area (Å²) in [6, 6.07) is 8.17. The van der Waals surface area contributed by atoms with Crippen molar-refractivity contribution in [2.75, 3.05) is 0 Å². The molecule has 0 spiro atoms. The van der Waals surface area contributed by atoms with Crippen molar-refractivity contribution in [1.82, 2.24) is 8.10 Å². The van der Waals surface area contributed by atoms with Crippen molar-refractivity contribution >= 4 is 45.2 Å². The van der Waals surface area contributed by atoms with Crippen LogP contribution in [-0.4, -0.2) is 4.57 Å². The van der Waals surface area contributed by atoms with Crippen LogP contribution in [0.3, 0.4) is 0 Å². The number of fused-ring (bicyclic) bond motifs is 1. The van der Waals surface area contributed by atoms with Gasteiger partial charge in [-0.2, -0.15) is 0 Å². The molecule has 0 unspecified atom stereocenters. The Kier molecular flexibility index (Phi) is 3.57. The first-order chi connectivity index (χ1) is 9.13. The maximum Gasteiger partial charge on any atom is 0.260 e. The molecule has 1 saturated carbocycles. The van der Waals surface area contributed by atoms with Crippen LogP contribution in [0.5, 0.6) is 0 Å². The summed E-state index contributed by atoms with van der Waals surface area (Å²) in [7, 11) is 0. The quantitative estimate of drug-likeness (QED) is 0.637. The molecule has 1 aliphatic carbocycles. The minimum absolute atomic E-state index is 0.0408. The predicted octanol–water partition coefficient (Wildman–Crippen LogP) is 3.99. The molecule has 5 heteroatoms. The lowest BCUT2D eigenvalue weighted by Gasteiger charge is -2.18. The Morgan fingerprint density at radius 1 is 1.47 bits per heavy atom. The monoisotopic (exact) mass is 388 g/mol. The van der Waals surface area contributed by atoms with Crippen molar-refractivity contribution in [1.29, 1.82) is 0 Å². The smallest absolute Gasteiger partial charge is 0.260 e. The van der Waals surface area contributed by atoms with Gasteiger partial charge in [-0.05, 0) is 37.3 Å². The van der Waals surface area contributed by atoms with Gasteiger partial charge in [0.1, 0.15) is 0 Å². The van der Waals surface area contributed by atoms with Crippen LogP contribution in [-0.2, 0) is 0 Å². The Balaban J connectivity index is 2.37. The van der Waals surface area contributed by atoms with E-state index in [-0.39, 0.29) is 11.6 Å². The van der Waals surface area contributed by atoms with E-state index in [2.05, 4.69) is 39.4 Å². The van der Waals surface area contributed by atoms with Crippen molar-refractivity contribution in [2.24, 2.45) is 0 Å². The van der Waals surface area contributed by atoms with E-state index >= 15 is 0 Å². The number of hydrogen-bond donors (Lipinski definition) is 1. The van der Waals surface area contributed by atoms with Crippen molar-refractivity contribution < 1.29 is 0 Å². The molecule has 1 aromatic heterocycles. The van der Waals surface area contributed by atoms with Crippen LogP contribution in [0.1, 0.15) is 37.5 Å². The minimum atomic E-state index is 0.0408. The number of pyridine rings is 1. The van der Waals surface area contributed by atoms with Crippen LogP contribution >= 0.6 is 34.5 Å². The van der Waals surface area contributed by atoms with Gasteiger partial charge in [-0.15, -0.1) is 0 Å². The Labute approximate surface area is 130 Å². The molecule has 1 fully saturated rings. The summed E-state index contributed by atoms with van der Waals surface area (Å²) in [5.74, 6) is 0. The molecular formula is C14H14ClIN2O. The number of nitrogens with one attached hydrogen (secondary N) is 1. The third kappa shape index (κ3) is 2.30. The summed E-state index contributed by atoms with van der Waals surface area (Å²) in [6.45, 7) is 2.07. The summed E-state index contributed by atoms with van der Waals surface area (Å²) >= 11 is 8.32. The van der Waals surface area contributed by atoms with Gasteiger partial charge in [0.2, 0.25) is 0 Å². The summed E-state index contributed by atoms with van der Waals surface area (Å²) in [5, 5.41) is 2.10. The van der Waals surface area contributed by atoms with Crippen LogP contribution in [0, 0.1) is 0 Å². The zero-order valence-corrected chi connectivity index (χ0v) is 13.4. The molecule has 2 aromatic rings. The number of hydrogen-bond acceptors (Lipinski definition) is 2. The highest BCUT2D eigenvalue weighted by Gasteiger charge is 2.29. The van der Waals surface area contributed by atoms with Gasteiger partial charge in [-0.25, -0.2) is 0 Å². The highest BCUT2D eigenvalue weighted by molar-refractivity contribution is 14.1. The highest BCUT2D eigenvalue weighted by atomic mass is 127. The topological polar surface area (TPSA) is 34.0 Å². The lowest BCUT2D eigenvalue weighted by Crippen LogP contribution is -2.26. The normalized spacial score (nSPS) is 16.8. The molecule has 1 atom stereocenters. The summed E-state index contributed by atoms with van der Waals surface area (Å²) < 4.78 is 5.11. The van der Waals surface area contributed by atoms with Crippen LogP contribution in [0.25, 0.3) is 10.8 Å². The first-order valence-corrected chi connectivity index (χ1v) is 7.79.